The van der Waals surface area contributed by atoms with Crippen LogP contribution in [-0.4, -0.2) is 23.4 Å². The van der Waals surface area contributed by atoms with Crippen molar-refractivity contribution in [2.45, 2.75) is 32.7 Å². The molecule has 0 amide bonds. The second kappa shape index (κ2) is 5.14. The number of halogens is 1. The van der Waals surface area contributed by atoms with Gasteiger partial charge < -0.3 is 10.6 Å². The Morgan fingerprint density at radius 2 is 2.28 bits per heavy atom. The molecule has 1 aliphatic rings. The first-order valence-electron chi connectivity index (χ1n) is 6.26. The van der Waals surface area contributed by atoms with Crippen LogP contribution in [0.2, 0.25) is 5.02 Å². The van der Waals surface area contributed by atoms with E-state index in [-0.39, 0.29) is 5.84 Å². The Bertz CT molecular complexity index is 460. The Morgan fingerprint density at radius 3 is 2.89 bits per heavy atom. The first-order valence-corrected chi connectivity index (χ1v) is 6.64. The summed E-state index contributed by atoms with van der Waals surface area (Å²) in [5.41, 5.74) is 6.08. The number of hydrogen-bond donors (Lipinski definition) is 2. The van der Waals surface area contributed by atoms with Crippen molar-refractivity contribution in [1.82, 2.24) is 4.98 Å². The van der Waals surface area contributed by atoms with E-state index in [1.807, 2.05) is 0 Å². The standard InChI is InChI=1S/C13H19ClN4/c1-8-4-6-18(9(2)7-8)13-11(14)10(12(15)16)3-5-17-13/h3,5,8-9H,4,6-7H2,1-2H3,(H3,15,16). The first-order chi connectivity index (χ1) is 8.50. The fourth-order valence-electron chi connectivity index (χ4n) is 2.56. The SMILES string of the molecule is CC1CCN(c2nccc(C(=N)N)c2Cl)C(C)C1. The molecule has 1 aliphatic heterocycles. The largest absolute Gasteiger partial charge is 0.384 e. The summed E-state index contributed by atoms with van der Waals surface area (Å²) in [5.74, 6) is 1.48. The molecule has 3 N–H and O–H groups in total. The zero-order valence-electron chi connectivity index (χ0n) is 10.8. The summed E-state index contributed by atoms with van der Waals surface area (Å²) in [5, 5.41) is 8.01. The number of nitrogens with two attached hydrogens (primary N) is 1. The van der Waals surface area contributed by atoms with Gasteiger partial charge in [-0.2, -0.15) is 0 Å². The van der Waals surface area contributed by atoms with E-state index < -0.39 is 0 Å². The summed E-state index contributed by atoms with van der Waals surface area (Å²) in [7, 11) is 0. The molecule has 0 bridgehead atoms. The van der Waals surface area contributed by atoms with Crippen molar-refractivity contribution in [1.29, 1.82) is 5.41 Å². The van der Waals surface area contributed by atoms with Gasteiger partial charge in [-0.15, -0.1) is 0 Å². The third-order valence-corrected chi connectivity index (χ3v) is 3.94. The Hall–Kier alpha value is -1.29. The van der Waals surface area contributed by atoms with E-state index in [4.69, 9.17) is 22.7 Å². The van der Waals surface area contributed by atoms with Crippen LogP contribution in [0.15, 0.2) is 12.3 Å². The molecule has 18 heavy (non-hydrogen) atoms. The molecule has 0 aliphatic carbocycles. The summed E-state index contributed by atoms with van der Waals surface area (Å²) < 4.78 is 0. The molecule has 0 saturated carbocycles. The van der Waals surface area contributed by atoms with Crippen molar-refractivity contribution >= 4 is 23.3 Å². The molecule has 0 aromatic carbocycles. The number of piperidine rings is 1. The summed E-state index contributed by atoms with van der Waals surface area (Å²) in [4.78, 5) is 6.58. The molecule has 0 radical (unpaired) electrons. The normalized spacial score (nSPS) is 24.1. The summed E-state index contributed by atoms with van der Waals surface area (Å²) in [6, 6.07) is 2.10. The van der Waals surface area contributed by atoms with E-state index in [2.05, 4.69) is 23.7 Å². The number of rotatable bonds is 2. The first kappa shape index (κ1) is 13.1. The highest BCUT2D eigenvalue weighted by molar-refractivity contribution is 6.36. The molecule has 2 heterocycles. The smallest absolute Gasteiger partial charge is 0.148 e. The van der Waals surface area contributed by atoms with Gasteiger partial charge in [0.15, 0.2) is 0 Å². The molecule has 1 fully saturated rings. The van der Waals surface area contributed by atoms with Crippen molar-refractivity contribution in [3.8, 4) is 0 Å². The fraction of sp³-hybridized carbons (Fsp3) is 0.538. The lowest BCUT2D eigenvalue weighted by Gasteiger charge is -2.38. The summed E-state index contributed by atoms with van der Waals surface area (Å²) >= 11 is 6.31. The third kappa shape index (κ3) is 2.43. The molecule has 1 aromatic rings. The lowest BCUT2D eigenvalue weighted by molar-refractivity contribution is 0.376. The summed E-state index contributed by atoms with van der Waals surface area (Å²) in [6.45, 7) is 5.42. The number of amidine groups is 1. The quantitative estimate of drug-likeness (QED) is 0.639. The Morgan fingerprint density at radius 1 is 1.56 bits per heavy atom. The minimum Gasteiger partial charge on any atom is -0.384 e. The van der Waals surface area contributed by atoms with Gasteiger partial charge in [-0.3, -0.25) is 5.41 Å². The topological polar surface area (TPSA) is 66.0 Å². The van der Waals surface area contributed by atoms with E-state index in [0.29, 0.717) is 16.6 Å². The predicted molar refractivity (Wildman–Crippen MR) is 75.5 cm³/mol. The molecule has 0 spiro atoms. The highest BCUT2D eigenvalue weighted by atomic mass is 35.5. The van der Waals surface area contributed by atoms with Gasteiger partial charge in [-0.1, -0.05) is 18.5 Å². The van der Waals surface area contributed by atoms with Crippen molar-refractivity contribution < 1.29 is 0 Å². The van der Waals surface area contributed by atoms with Crippen LogP contribution in [0.5, 0.6) is 0 Å². The van der Waals surface area contributed by atoms with Crippen LogP contribution in [0.25, 0.3) is 0 Å². The van der Waals surface area contributed by atoms with Crippen molar-refractivity contribution in [2.75, 3.05) is 11.4 Å². The number of nitrogen functional groups attached to an aromatic ring is 1. The van der Waals surface area contributed by atoms with Crippen molar-refractivity contribution in [3.05, 3.63) is 22.8 Å². The Labute approximate surface area is 113 Å². The fourth-order valence-corrected chi connectivity index (χ4v) is 2.89. The average Bonchev–Trinajstić information content (AvgIpc) is 2.30. The van der Waals surface area contributed by atoms with E-state index in [1.165, 1.54) is 0 Å². The van der Waals surface area contributed by atoms with Crippen LogP contribution in [0.3, 0.4) is 0 Å². The van der Waals surface area contributed by atoms with Gasteiger partial charge in [-0.25, -0.2) is 4.98 Å². The van der Waals surface area contributed by atoms with Crippen LogP contribution in [0.4, 0.5) is 5.82 Å². The lowest BCUT2D eigenvalue weighted by atomic mass is 9.93. The maximum Gasteiger partial charge on any atom is 0.148 e. The van der Waals surface area contributed by atoms with E-state index >= 15 is 0 Å². The molecular formula is C13H19ClN4. The van der Waals surface area contributed by atoms with Gasteiger partial charge in [0.25, 0.3) is 0 Å². The van der Waals surface area contributed by atoms with Crippen LogP contribution >= 0.6 is 11.6 Å². The minimum atomic E-state index is -0.0123. The van der Waals surface area contributed by atoms with Gasteiger partial charge in [-0.05, 0) is 31.7 Å². The Balaban J connectivity index is 2.33. The molecule has 2 atom stereocenters. The predicted octanol–water partition coefficient (Wildman–Crippen LogP) is 2.64. The van der Waals surface area contributed by atoms with E-state index in [9.17, 15) is 0 Å². The average molecular weight is 267 g/mol. The van der Waals surface area contributed by atoms with Crippen LogP contribution in [0.1, 0.15) is 32.3 Å². The van der Waals surface area contributed by atoms with Crippen LogP contribution in [0, 0.1) is 11.3 Å². The third-order valence-electron chi connectivity index (χ3n) is 3.57. The van der Waals surface area contributed by atoms with Gasteiger partial charge >= 0.3 is 0 Å². The Kier molecular flexibility index (Phi) is 3.76. The molecule has 1 aromatic heterocycles. The minimum absolute atomic E-state index is 0.0123. The maximum atomic E-state index is 7.52. The highest BCUT2D eigenvalue weighted by Crippen LogP contribution is 2.32. The number of anilines is 1. The van der Waals surface area contributed by atoms with E-state index in [0.717, 1.165) is 31.1 Å². The number of hydrogen-bond acceptors (Lipinski definition) is 3. The van der Waals surface area contributed by atoms with Gasteiger partial charge in [0, 0.05) is 24.3 Å². The van der Waals surface area contributed by atoms with Gasteiger partial charge in [0.2, 0.25) is 0 Å². The highest BCUT2D eigenvalue weighted by Gasteiger charge is 2.26. The van der Waals surface area contributed by atoms with Crippen LogP contribution in [-0.2, 0) is 0 Å². The zero-order valence-corrected chi connectivity index (χ0v) is 11.5. The number of nitrogens with one attached hydrogen (secondary N) is 1. The molecule has 1 saturated heterocycles. The van der Waals surface area contributed by atoms with Crippen molar-refractivity contribution in [2.24, 2.45) is 11.7 Å². The van der Waals surface area contributed by atoms with Crippen LogP contribution < -0.4 is 10.6 Å². The number of aromatic nitrogens is 1. The number of nitrogens with zero attached hydrogens (tertiary/aromatic N) is 2. The second-order valence-electron chi connectivity index (χ2n) is 5.08. The number of pyridine rings is 1. The zero-order chi connectivity index (χ0) is 13.3. The second-order valence-corrected chi connectivity index (χ2v) is 5.46. The van der Waals surface area contributed by atoms with E-state index in [1.54, 1.807) is 12.3 Å². The molecule has 2 unspecified atom stereocenters. The lowest BCUT2D eigenvalue weighted by Crippen LogP contribution is -2.41. The molecule has 98 valence electrons. The van der Waals surface area contributed by atoms with Crippen molar-refractivity contribution in [3.63, 3.8) is 0 Å². The molecule has 4 nitrogen and oxygen atoms in total. The molecule has 5 heteroatoms. The molecule has 2 rings (SSSR count). The van der Waals surface area contributed by atoms with Gasteiger partial charge in [0.1, 0.15) is 11.7 Å². The monoisotopic (exact) mass is 266 g/mol. The summed E-state index contributed by atoms with van der Waals surface area (Å²) in [6.07, 6.45) is 3.96. The maximum absolute atomic E-state index is 7.52. The molecular weight excluding hydrogens is 248 g/mol. The van der Waals surface area contributed by atoms with Gasteiger partial charge in [0.05, 0.1) is 5.02 Å².